The molecule has 0 aliphatic rings. The van der Waals surface area contributed by atoms with Crippen molar-refractivity contribution in [2.45, 2.75) is 33.7 Å². The van der Waals surface area contributed by atoms with E-state index in [9.17, 15) is 0 Å². The summed E-state index contributed by atoms with van der Waals surface area (Å²) in [6.07, 6.45) is 0. The van der Waals surface area contributed by atoms with Gasteiger partial charge in [-0.05, 0) is 51.5 Å². The molecule has 4 heteroatoms. The van der Waals surface area contributed by atoms with Crippen LogP contribution in [0.5, 0.6) is 0 Å². The molecule has 0 aliphatic carbocycles. The molecule has 1 atom stereocenters. The van der Waals surface area contributed by atoms with Crippen molar-refractivity contribution in [2.24, 2.45) is 0 Å². The topological polar surface area (TPSA) is 28.2 Å². The Morgan fingerprint density at radius 2 is 1.90 bits per heavy atom. The Morgan fingerprint density at radius 1 is 1.20 bits per heavy atom. The summed E-state index contributed by atoms with van der Waals surface area (Å²) in [7, 11) is 4.12. The van der Waals surface area contributed by atoms with Crippen molar-refractivity contribution in [3.05, 3.63) is 39.3 Å². The lowest BCUT2D eigenvalue weighted by Crippen LogP contribution is -2.11. The number of benzene rings is 1. The maximum Gasteiger partial charge on any atom is 0.0901 e. The third kappa shape index (κ3) is 3.12. The molecule has 2 aromatic rings. The van der Waals surface area contributed by atoms with Crippen LogP contribution in [0.15, 0.2) is 18.2 Å². The average Bonchev–Trinajstić information content (AvgIpc) is 2.70. The van der Waals surface area contributed by atoms with Crippen molar-refractivity contribution in [1.29, 1.82) is 0 Å². The summed E-state index contributed by atoms with van der Waals surface area (Å²) >= 11 is 1.76. The van der Waals surface area contributed by atoms with Gasteiger partial charge in [-0.25, -0.2) is 4.98 Å². The van der Waals surface area contributed by atoms with Crippen molar-refractivity contribution in [2.75, 3.05) is 24.3 Å². The Kier molecular flexibility index (Phi) is 4.33. The van der Waals surface area contributed by atoms with Gasteiger partial charge in [0.25, 0.3) is 0 Å². The molecule has 0 radical (unpaired) electrons. The quantitative estimate of drug-likeness (QED) is 0.909. The van der Waals surface area contributed by atoms with Crippen LogP contribution in [0.1, 0.15) is 34.1 Å². The van der Waals surface area contributed by atoms with Gasteiger partial charge in [0.15, 0.2) is 0 Å². The first-order chi connectivity index (χ1) is 9.38. The highest BCUT2D eigenvalue weighted by Crippen LogP contribution is 2.28. The molecule has 0 saturated carbocycles. The Labute approximate surface area is 125 Å². The van der Waals surface area contributed by atoms with Crippen molar-refractivity contribution >= 4 is 22.7 Å². The fraction of sp³-hybridized carbons (Fsp3) is 0.438. The van der Waals surface area contributed by atoms with Gasteiger partial charge in [0.05, 0.1) is 16.7 Å². The molecule has 0 saturated heterocycles. The smallest absolute Gasteiger partial charge is 0.0901 e. The zero-order valence-corrected chi connectivity index (χ0v) is 13.9. The molecule has 1 N–H and O–H groups in total. The van der Waals surface area contributed by atoms with Gasteiger partial charge in [0.2, 0.25) is 0 Å². The monoisotopic (exact) mass is 289 g/mol. The number of nitrogens with zero attached hydrogens (tertiary/aromatic N) is 2. The van der Waals surface area contributed by atoms with E-state index < -0.39 is 0 Å². The number of anilines is 2. The predicted molar refractivity (Wildman–Crippen MR) is 89.1 cm³/mol. The fourth-order valence-corrected chi connectivity index (χ4v) is 3.25. The SMILES string of the molecule is Cc1nc(C(C)Nc2ccc(N(C)C)cc2C)c(C)s1. The van der Waals surface area contributed by atoms with Crippen molar-refractivity contribution in [3.8, 4) is 0 Å². The highest BCUT2D eigenvalue weighted by Gasteiger charge is 2.14. The largest absolute Gasteiger partial charge is 0.378 e. The van der Waals surface area contributed by atoms with Crippen LogP contribution in [0, 0.1) is 20.8 Å². The van der Waals surface area contributed by atoms with Gasteiger partial charge in [-0.15, -0.1) is 11.3 Å². The van der Waals surface area contributed by atoms with Gasteiger partial charge in [0.1, 0.15) is 0 Å². The molecular weight excluding hydrogens is 266 g/mol. The van der Waals surface area contributed by atoms with E-state index in [1.165, 1.54) is 21.8 Å². The van der Waals surface area contributed by atoms with Gasteiger partial charge >= 0.3 is 0 Å². The van der Waals surface area contributed by atoms with Crippen LogP contribution in [0.25, 0.3) is 0 Å². The van der Waals surface area contributed by atoms with Crippen LogP contribution >= 0.6 is 11.3 Å². The van der Waals surface area contributed by atoms with E-state index in [1.54, 1.807) is 11.3 Å². The van der Waals surface area contributed by atoms with E-state index in [2.05, 4.69) is 75.2 Å². The standard InChI is InChI=1S/C16H23N3S/c1-10-9-14(19(5)6)7-8-15(10)17-11(2)16-12(3)20-13(4)18-16/h7-9,11,17H,1-6H3. The number of aromatic nitrogens is 1. The predicted octanol–water partition coefficient (Wildman–Crippen LogP) is 4.31. The lowest BCUT2D eigenvalue weighted by molar-refractivity contribution is 0.835. The molecule has 1 heterocycles. The third-order valence-corrected chi connectivity index (χ3v) is 4.35. The van der Waals surface area contributed by atoms with E-state index >= 15 is 0 Å². The first-order valence-electron chi connectivity index (χ1n) is 6.87. The number of hydrogen-bond acceptors (Lipinski definition) is 4. The van der Waals surface area contributed by atoms with E-state index in [4.69, 9.17) is 0 Å². The number of rotatable bonds is 4. The molecule has 0 bridgehead atoms. The van der Waals surface area contributed by atoms with Gasteiger partial charge in [-0.2, -0.15) is 0 Å². The Balaban J connectivity index is 2.19. The second-order valence-corrected chi connectivity index (χ2v) is 6.84. The lowest BCUT2D eigenvalue weighted by Gasteiger charge is -2.19. The third-order valence-electron chi connectivity index (χ3n) is 3.45. The van der Waals surface area contributed by atoms with E-state index in [1.807, 2.05) is 0 Å². The van der Waals surface area contributed by atoms with Gasteiger partial charge in [-0.3, -0.25) is 0 Å². The maximum absolute atomic E-state index is 4.63. The van der Waals surface area contributed by atoms with Crippen LogP contribution in [0.3, 0.4) is 0 Å². The van der Waals surface area contributed by atoms with Crippen molar-refractivity contribution < 1.29 is 0 Å². The summed E-state index contributed by atoms with van der Waals surface area (Å²) in [6.45, 7) is 8.51. The Hall–Kier alpha value is -1.55. The summed E-state index contributed by atoms with van der Waals surface area (Å²) < 4.78 is 0. The van der Waals surface area contributed by atoms with E-state index in [-0.39, 0.29) is 6.04 Å². The van der Waals surface area contributed by atoms with Gasteiger partial charge < -0.3 is 10.2 Å². The molecule has 108 valence electrons. The first kappa shape index (κ1) is 14.9. The van der Waals surface area contributed by atoms with Crippen molar-refractivity contribution in [1.82, 2.24) is 4.98 Å². The number of aryl methyl sites for hydroxylation is 3. The molecule has 0 fully saturated rings. The Bertz CT molecular complexity index is 602. The number of nitrogens with one attached hydrogen (secondary N) is 1. The zero-order chi connectivity index (χ0) is 14.9. The molecule has 0 amide bonds. The number of thiazole rings is 1. The zero-order valence-electron chi connectivity index (χ0n) is 13.1. The van der Waals surface area contributed by atoms with Crippen LogP contribution in [0.2, 0.25) is 0 Å². The molecule has 0 spiro atoms. The molecule has 1 aromatic heterocycles. The Morgan fingerprint density at radius 3 is 2.40 bits per heavy atom. The summed E-state index contributed by atoms with van der Waals surface area (Å²) in [4.78, 5) is 8.05. The highest BCUT2D eigenvalue weighted by atomic mass is 32.1. The summed E-state index contributed by atoms with van der Waals surface area (Å²) in [6, 6.07) is 6.72. The summed E-state index contributed by atoms with van der Waals surface area (Å²) in [5.41, 5.74) is 4.81. The second-order valence-electron chi connectivity index (χ2n) is 5.43. The van der Waals surface area contributed by atoms with Crippen LogP contribution in [0.4, 0.5) is 11.4 Å². The maximum atomic E-state index is 4.63. The van der Waals surface area contributed by atoms with Gasteiger partial charge in [-0.1, -0.05) is 0 Å². The van der Waals surface area contributed by atoms with Gasteiger partial charge in [0, 0.05) is 30.3 Å². The summed E-state index contributed by atoms with van der Waals surface area (Å²) in [5.74, 6) is 0. The van der Waals surface area contributed by atoms with Crippen LogP contribution < -0.4 is 10.2 Å². The normalized spacial score (nSPS) is 12.3. The van der Waals surface area contributed by atoms with Crippen molar-refractivity contribution in [3.63, 3.8) is 0 Å². The molecule has 2 rings (SSSR count). The minimum atomic E-state index is 0.226. The minimum Gasteiger partial charge on any atom is -0.378 e. The van der Waals surface area contributed by atoms with Crippen LogP contribution in [-0.2, 0) is 0 Å². The average molecular weight is 289 g/mol. The molecule has 3 nitrogen and oxygen atoms in total. The molecule has 1 unspecified atom stereocenters. The second kappa shape index (κ2) is 5.83. The minimum absolute atomic E-state index is 0.226. The fourth-order valence-electron chi connectivity index (χ4n) is 2.34. The highest BCUT2D eigenvalue weighted by molar-refractivity contribution is 7.11. The molecular formula is C16H23N3S. The van der Waals surface area contributed by atoms with E-state index in [0.29, 0.717) is 0 Å². The summed E-state index contributed by atoms with van der Waals surface area (Å²) in [5, 5.41) is 4.70. The van der Waals surface area contributed by atoms with E-state index in [0.717, 1.165) is 10.7 Å². The molecule has 0 aliphatic heterocycles. The number of hydrogen-bond donors (Lipinski definition) is 1. The molecule has 1 aromatic carbocycles. The van der Waals surface area contributed by atoms with Crippen LogP contribution in [-0.4, -0.2) is 19.1 Å². The first-order valence-corrected chi connectivity index (χ1v) is 7.68. The lowest BCUT2D eigenvalue weighted by atomic mass is 10.1. The molecule has 20 heavy (non-hydrogen) atoms.